The summed E-state index contributed by atoms with van der Waals surface area (Å²) in [5, 5.41) is 2.23. The Morgan fingerprint density at radius 3 is 2.27 bits per heavy atom. The Morgan fingerprint density at radius 2 is 1.87 bits per heavy atom. The number of ether oxygens (including phenoxy) is 1. The molecule has 0 bridgehead atoms. The van der Waals surface area contributed by atoms with Crippen molar-refractivity contribution in [2.75, 3.05) is 12.3 Å². The lowest BCUT2D eigenvalue weighted by Crippen LogP contribution is -2.33. The molecule has 90 valence electrons. The van der Waals surface area contributed by atoms with Crippen LogP contribution in [-0.2, 0) is 4.74 Å². The number of carbonyl (C=O) groups is 1. The van der Waals surface area contributed by atoms with Crippen LogP contribution in [0.25, 0.3) is 0 Å². The van der Waals surface area contributed by atoms with Gasteiger partial charge in [-0.2, -0.15) is 13.2 Å². The van der Waals surface area contributed by atoms with Gasteiger partial charge in [-0.1, -0.05) is 0 Å². The van der Waals surface area contributed by atoms with Gasteiger partial charge in [-0.25, -0.2) is 4.79 Å². The highest BCUT2D eigenvalue weighted by Gasteiger charge is 2.27. The monoisotopic (exact) mass is 245 g/mol. The fourth-order valence-corrected chi connectivity index (χ4v) is 1.07. The number of alkyl carbamates (subject to hydrolysis) is 1. The number of nitrogens with one attached hydrogen (secondary N) is 1. The van der Waals surface area contributed by atoms with Crippen molar-refractivity contribution in [3.63, 3.8) is 0 Å². The first-order valence-electron chi connectivity index (χ1n) is 4.28. The number of rotatable bonds is 3. The summed E-state index contributed by atoms with van der Waals surface area (Å²) in [5.41, 5.74) is -4.89. The zero-order valence-corrected chi connectivity index (χ0v) is 9.59. The van der Waals surface area contributed by atoms with Crippen LogP contribution in [0.3, 0.4) is 0 Å². The van der Waals surface area contributed by atoms with E-state index in [1.807, 2.05) is 0 Å². The first-order chi connectivity index (χ1) is 6.60. The molecule has 0 saturated heterocycles. The molecule has 0 saturated carbocycles. The third-order valence-electron chi connectivity index (χ3n) is 1.04. The normalized spacial score (nSPS) is 12.4. The fourth-order valence-electron chi connectivity index (χ4n) is 0.634. The van der Waals surface area contributed by atoms with E-state index in [4.69, 9.17) is 4.74 Å². The van der Waals surface area contributed by atoms with Gasteiger partial charge in [0.2, 0.25) is 0 Å². The first kappa shape index (κ1) is 14.4. The van der Waals surface area contributed by atoms with Gasteiger partial charge in [-0.15, -0.1) is 0 Å². The second-order valence-corrected chi connectivity index (χ2v) is 4.88. The molecule has 0 aromatic carbocycles. The highest BCUT2D eigenvalue weighted by atomic mass is 32.2. The number of thioether (sulfide) groups is 1. The Hall–Kier alpha value is -0.590. The van der Waals surface area contributed by atoms with E-state index in [2.05, 4.69) is 5.32 Å². The molecule has 0 radical (unpaired) electrons. The summed E-state index contributed by atoms with van der Waals surface area (Å²) < 4.78 is 39.8. The number of halogens is 3. The molecule has 0 atom stereocenters. The summed E-state index contributed by atoms with van der Waals surface area (Å²) in [6.45, 7) is 4.96. The van der Waals surface area contributed by atoms with Crippen molar-refractivity contribution in [3.8, 4) is 0 Å². The zero-order valence-electron chi connectivity index (χ0n) is 8.77. The molecule has 0 aromatic heterocycles. The number of amides is 1. The molecule has 7 heteroatoms. The summed E-state index contributed by atoms with van der Waals surface area (Å²) >= 11 is -0.177. The van der Waals surface area contributed by atoms with Crippen LogP contribution in [0.4, 0.5) is 18.0 Å². The third kappa shape index (κ3) is 11.3. The molecule has 0 aromatic rings. The van der Waals surface area contributed by atoms with Crippen LogP contribution in [0.1, 0.15) is 20.8 Å². The lowest BCUT2D eigenvalue weighted by molar-refractivity contribution is -0.0328. The predicted octanol–water partition coefficient (Wildman–Crippen LogP) is 2.76. The van der Waals surface area contributed by atoms with E-state index in [0.717, 1.165) is 0 Å². The Bertz CT molecular complexity index is 213. The van der Waals surface area contributed by atoms with Gasteiger partial charge in [0.15, 0.2) is 0 Å². The van der Waals surface area contributed by atoms with Gasteiger partial charge in [-0.05, 0) is 32.5 Å². The van der Waals surface area contributed by atoms with Gasteiger partial charge in [-0.3, -0.25) is 0 Å². The van der Waals surface area contributed by atoms with Gasteiger partial charge >= 0.3 is 11.6 Å². The van der Waals surface area contributed by atoms with Crippen LogP contribution >= 0.6 is 11.8 Å². The minimum absolute atomic E-state index is 0.0703. The summed E-state index contributed by atoms with van der Waals surface area (Å²) in [6.07, 6.45) is -0.703. The molecule has 0 rings (SSSR count). The van der Waals surface area contributed by atoms with Crippen LogP contribution < -0.4 is 5.32 Å². The second kappa shape index (κ2) is 5.48. The molecular formula is C8H14F3NO2S. The van der Waals surface area contributed by atoms with Gasteiger partial charge in [0.05, 0.1) is 0 Å². The summed E-state index contributed by atoms with van der Waals surface area (Å²) in [4.78, 5) is 11.0. The number of carbonyl (C=O) groups excluding carboxylic acids is 1. The quantitative estimate of drug-likeness (QED) is 0.777. The van der Waals surface area contributed by atoms with Gasteiger partial charge in [0.1, 0.15) is 5.60 Å². The Morgan fingerprint density at radius 1 is 1.33 bits per heavy atom. The maximum Gasteiger partial charge on any atom is 0.441 e. The van der Waals surface area contributed by atoms with Crippen molar-refractivity contribution >= 4 is 17.9 Å². The van der Waals surface area contributed by atoms with E-state index in [-0.39, 0.29) is 24.1 Å². The predicted molar refractivity (Wildman–Crippen MR) is 52.7 cm³/mol. The molecule has 0 heterocycles. The van der Waals surface area contributed by atoms with Crippen LogP contribution in [0.2, 0.25) is 0 Å². The Kier molecular flexibility index (Phi) is 5.27. The van der Waals surface area contributed by atoms with Gasteiger partial charge in [0.25, 0.3) is 0 Å². The lowest BCUT2D eigenvalue weighted by atomic mass is 10.2. The molecule has 15 heavy (non-hydrogen) atoms. The number of alkyl halides is 3. The van der Waals surface area contributed by atoms with Crippen LogP contribution in [0.5, 0.6) is 0 Å². The average Bonchev–Trinajstić information content (AvgIpc) is 1.92. The highest BCUT2D eigenvalue weighted by molar-refractivity contribution is 8.00. The summed E-state index contributed by atoms with van der Waals surface area (Å²) in [7, 11) is 0. The van der Waals surface area contributed by atoms with Gasteiger partial charge < -0.3 is 10.1 Å². The smallest absolute Gasteiger partial charge is 0.441 e. The molecule has 0 spiro atoms. The standard InChI is InChI=1S/C8H14F3NO2S/c1-7(2,3)14-6(13)12-4-5-15-8(9,10)11/h4-5H2,1-3H3,(H,12,13). The largest absolute Gasteiger partial charge is 0.444 e. The van der Waals surface area contributed by atoms with E-state index >= 15 is 0 Å². The van der Waals surface area contributed by atoms with Crippen LogP contribution in [0, 0.1) is 0 Å². The van der Waals surface area contributed by atoms with Crippen molar-refractivity contribution in [2.24, 2.45) is 0 Å². The molecule has 0 fully saturated rings. The van der Waals surface area contributed by atoms with E-state index < -0.39 is 17.2 Å². The van der Waals surface area contributed by atoms with Gasteiger partial charge in [0, 0.05) is 12.3 Å². The van der Waals surface area contributed by atoms with Crippen LogP contribution in [0.15, 0.2) is 0 Å². The van der Waals surface area contributed by atoms with Crippen LogP contribution in [-0.4, -0.2) is 29.5 Å². The van der Waals surface area contributed by atoms with E-state index in [1.54, 1.807) is 20.8 Å². The first-order valence-corrected chi connectivity index (χ1v) is 5.26. The van der Waals surface area contributed by atoms with E-state index in [9.17, 15) is 18.0 Å². The second-order valence-electron chi connectivity index (χ2n) is 3.72. The molecule has 3 nitrogen and oxygen atoms in total. The zero-order chi connectivity index (χ0) is 12.1. The minimum atomic E-state index is -4.25. The highest BCUT2D eigenvalue weighted by Crippen LogP contribution is 2.29. The van der Waals surface area contributed by atoms with Crippen molar-refractivity contribution < 1.29 is 22.7 Å². The fraction of sp³-hybridized carbons (Fsp3) is 0.875. The molecule has 1 N–H and O–H groups in total. The van der Waals surface area contributed by atoms with Crippen molar-refractivity contribution in [1.82, 2.24) is 5.32 Å². The third-order valence-corrected chi connectivity index (χ3v) is 1.77. The maximum atomic E-state index is 11.7. The maximum absolute atomic E-state index is 11.7. The topological polar surface area (TPSA) is 38.3 Å². The summed E-state index contributed by atoms with van der Waals surface area (Å²) in [5.74, 6) is -0.220. The molecule has 0 aliphatic rings. The van der Waals surface area contributed by atoms with Crippen molar-refractivity contribution in [2.45, 2.75) is 31.9 Å². The molecule has 0 aliphatic heterocycles. The van der Waals surface area contributed by atoms with Crippen molar-refractivity contribution in [1.29, 1.82) is 0 Å². The molecule has 0 unspecified atom stereocenters. The Labute approximate surface area is 90.7 Å². The summed E-state index contributed by atoms with van der Waals surface area (Å²) in [6, 6.07) is 0. The Balaban J connectivity index is 3.57. The lowest BCUT2D eigenvalue weighted by Gasteiger charge is -2.19. The number of hydrogen-bond acceptors (Lipinski definition) is 3. The molecule has 0 aliphatic carbocycles. The van der Waals surface area contributed by atoms with E-state index in [1.165, 1.54) is 0 Å². The minimum Gasteiger partial charge on any atom is -0.444 e. The molecule has 1 amide bonds. The molecular weight excluding hydrogens is 231 g/mol. The van der Waals surface area contributed by atoms with E-state index in [0.29, 0.717) is 0 Å². The van der Waals surface area contributed by atoms with Crippen molar-refractivity contribution in [3.05, 3.63) is 0 Å². The number of hydrogen-bond donors (Lipinski definition) is 1. The average molecular weight is 245 g/mol. The SMILES string of the molecule is CC(C)(C)OC(=O)NCCSC(F)(F)F.